The lowest BCUT2D eigenvalue weighted by atomic mass is 10.2. The third-order valence-corrected chi connectivity index (χ3v) is 3.85. The molecular weight excluding hydrogens is 240 g/mol. The van der Waals surface area contributed by atoms with Gasteiger partial charge < -0.3 is 5.32 Å². The van der Waals surface area contributed by atoms with Crippen molar-refractivity contribution in [2.24, 2.45) is 0 Å². The molecule has 0 fully saturated rings. The summed E-state index contributed by atoms with van der Waals surface area (Å²) >= 11 is 1.72. The van der Waals surface area contributed by atoms with Crippen molar-refractivity contribution < 1.29 is 0 Å². The summed E-state index contributed by atoms with van der Waals surface area (Å²) in [6.07, 6.45) is 1.93. The number of rotatable bonds is 4. The number of aryl methyl sites for hydroxylation is 2. The van der Waals surface area contributed by atoms with Crippen LogP contribution in [0.5, 0.6) is 0 Å². The molecule has 0 aliphatic carbocycles. The normalized spacial score (nSPS) is 10.6. The monoisotopic (exact) mass is 258 g/mol. The Morgan fingerprint density at radius 1 is 1.17 bits per heavy atom. The lowest BCUT2D eigenvalue weighted by Crippen LogP contribution is -2.05. The van der Waals surface area contributed by atoms with Crippen LogP contribution in [0.4, 0.5) is 0 Å². The first-order valence-corrected chi connectivity index (χ1v) is 6.85. The molecule has 0 atom stereocenters. The molecule has 0 aliphatic rings. The van der Waals surface area contributed by atoms with E-state index in [9.17, 15) is 0 Å². The molecule has 0 saturated carbocycles. The van der Waals surface area contributed by atoms with Gasteiger partial charge in [-0.1, -0.05) is 30.0 Å². The molecule has 1 N–H and O–H groups in total. The van der Waals surface area contributed by atoms with Crippen LogP contribution in [0.25, 0.3) is 0 Å². The van der Waals surface area contributed by atoms with Crippen LogP contribution in [0.1, 0.15) is 16.7 Å². The zero-order valence-electron chi connectivity index (χ0n) is 11.0. The number of benzene rings is 1. The molecule has 0 aliphatic heterocycles. The second-order valence-electron chi connectivity index (χ2n) is 4.41. The number of nitrogens with zero attached hydrogens (tertiary/aromatic N) is 1. The van der Waals surface area contributed by atoms with Crippen molar-refractivity contribution in [2.45, 2.75) is 30.3 Å². The summed E-state index contributed by atoms with van der Waals surface area (Å²) in [5, 5.41) is 4.17. The van der Waals surface area contributed by atoms with Crippen molar-refractivity contribution >= 4 is 11.8 Å². The smallest absolute Gasteiger partial charge is 0.101 e. The second-order valence-corrected chi connectivity index (χ2v) is 5.47. The van der Waals surface area contributed by atoms with E-state index in [1.807, 2.05) is 13.2 Å². The van der Waals surface area contributed by atoms with Gasteiger partial charge in [-0.25, -0.2) is 4.98 Å². The van der Waals surface area contributed by atoms with Crippen molar-refractivity contribution in [3.8, 4) is 0 Å². The van der Waals surface area contributed by atoms with E-state index in [1.165, 1.54) is 21.6 Å². The Hall–Kier alpha value is -1.32. The molecule has 2 aromatic rings. The molecule has 1 heterocycles. The first-order valence-electron chi connectivity index (χ1n) is 6.03. The van der Waals surface area contributed by atoms with E-state index >= 15 is 0 Å². The summed E-state index contributed by atoms with van der Waals surface area (Å²) in [6, 6.07) is 10.7. The highest BCUT2D eigenvalue weighted by Gasteiger charge is 2.03. The van der Waals surface area contributed by atoms with Crippen LogP contribution >= 0.6 is 11.8 Å². The van der Waals surface area contributed by atoms with Gasteiger partial charge in [0, 0.05) is 17.6 Å². The topological polar surface area (TPSA) is 24.9 Å². The van der Waals surface area contributed by atoms with Gasteiger partial charge in [-0.15, -0.1) is 0 Å². The number of aromatic nitrogens is 1. The lowest BCUT2D eigenvalue weighted by molar-refractivity contribution is 0.809. The summed E-state index contributed by atoms with van der Waals surface area (Å²) in [5.74, 6) is 0. The Balaban J connectivity index is 2.15. The molecular formula is C15H18N2S. The second kappa shape index (κ2) is 6.03. The average Bonchev–Trinajstić information content (AvgIpc) is 2.37. The van der Waals surface area contributed by atoms with Gasteiger partial charge in [0.1, 0.15) is 5.03 Å². The minimum atomic E-state index is 0.863. The van der Waals surface area contributed by atoms with E-state index in [4.69, 9.17) is 0 Å². The fourth-order valence-corrected chi connectivity index (χ4v) is 2.65. The van der Waals surface area contributed by atoms with Crippen LogP contribution in [-0.2, 0) is 6.54 Å². The zero-order chi connectivity index (χ0) is 13.0. The van der Waals surface area contributed by atoms with Crippen LogP contribution in [-0.4, -0.2) is 12.0 Å². The molecule has 0 radical (unpaired) electrons. The van der Waals surface area contributed by atoms with Gasteiger partial charge in [0.25, 0.3) is 0 Å². The van der Waals surface area contributed by atoms with Crippen molar-refractivity contribution in [3.63, 3.8) is 0 Å². The molecule has 1 aromatic heterocycles. The van der Waals surface area contributed by atoms with E-state index in [1.54, 1.807) is 11.8 Å². The van der Waals surface area contributed by atoms with Gasteiger partial charge in [0.15, 0.2) is 0 Å². The molecule has 94 valence electrons. The Morgan fingerprint density at radius 2 is 2.00 bits per heavy atom. The SMILES string of the molecule is CNCc1ccc(Sc2cc(C)ccc2C)nc1. The summed E-state index contributed by atoms with van der Waals surface area (Å²) in [7, 11) is 1.94. The molecule has 3 heteroatoms. The summed E-state index contributed by atoms with van der Waals surface area (Å²) in [4.78, 5) is 5.77. The third-order valence-electron chi connectivity index (χ3n) is 2.74. The fraction of sp³-hybridized carbons (Fsp3) is 0.267. The maximum Gasteiger partial charge on any atom is 0.101 e. The maximum atomic E-state index is 4.49. The maximum absolute atomic E-state index is 4.49. The number of nitrogens with one attached hydrogen (secondary N) is 1. The number of hydrogen-bond acceptors (Lipinski definition) is 3. The van der Waals surface area contributed by atoms with E-state index in [0.717, 1.165) is 11.6 Å². The predicted octanol–water partition coefficient (Wildman–Crippen LogP) is 3.57. The molecule has 0 amide bonds. The highest BCUT2D eigenvalue weighted by atomic mass is 32.2. The summed E-state index contributed by atoms with van der Waals surface area (Å²) in [6.45, 7) is 5.12. The number of pyridine rings is 1. The van der Waals surface area contributed by atoms with Crippen LogP contribution in [0.15, 0.2) is 46.5 Å². The molecule has 0 spiro atoms. The highest BCUT2D eigenvalue weighted by Crippen LogP contribution is 2.29. The van der Waals surface area contributed by atoms with Gasteiger partial charge in [0.2, 0.25) is 0 Å². The van der Waals surface area contributed by atoms with E-state index in [0.29, 0.717) is 0 Å². The lowest BCUT2D eigenvalue weighted by Gasteiger charge is -2.07. The first kappa shape index (κ1) is 13.1. The molecule has 2 nitrogen and oxygen atoms in total. The summed E-state index contributed by atoms with van der Waals surface area (Å²) in [5.41, 5.74) is 3.80. The Bertz CT molecular complexity index is 521. The summed E-state index contributed by atoms with van der Waals surface area (Å²) < 4.78 is 0. The standard InChI is InChI=1S/C15H18N2S/c1-11-4-5-12(2)14(8-11)18-15-7-6-13(9-16-3)10-17-15/h4-8,10,16H,9H2,1-3H3. The molecule has 18 heavy (non-hydrogen) atoms. The van der Waals surface area contributed by atoms with E-state index in [2.05, 4.69) is 54.5 Å². The van der Waals surface area contributed by atoms with Crippen molar-refractivity contribution in [2.75, 3.05) is 7.05 Å². The molecule has 0 unspecified atom stereocenters. The fourth-order valence-electron chi connectivity index (χ4n) is 1.71. The highest BCUT2D eigenvalue weighted by molar-refractivity contribution is 7.99. The predicted molar refractivity (Wildman–Crippen MR) is 77.0 cm³/mol. The largest absolute Gasteiger partial charge is 0.316 e. The minimum absolute atomic E-state index is 0.863. The average molecular weight is 258 g/mol. The van der Waals surface area contributed by atoms with Crippen LogP contribution in [0, 0.1) is 13.8 Å². The Morgan fingerprint density at radius 3 is 2.67 bits per heavy atom. The zero-order valence-corrected chi connectivity index (χ0v) is 11.8. The molecule has 0 bridgehead atoms. The van der Waals surface area contributed by atoms with E-state index in [-0.39, 0.29) is 0 Å². The van der Waals surface area contributed by atoms with Crippen LogP contribution in [0.2, 0.25) is 0 Å². The van der Waals surface area contributed by atoms with Gasteiger partial charge in [-0.05, 0) is 49.7 Å². The molecule has 1 aromatic carbocycles. The molecule has 0 saturated heterocycles. The number of hydrogen-bond donors (Lipinski definition) is 1. The van der Waals surface area contributed by atoms with Crippen molar-refractivity contribution in [3.05, 3.63) is 53.2 Å². The van der Waals surface area contributed by atoms with Gasteiger partial charge in [-0.3, -0.25) is 0 Å². The first-order chi connectivity index (χ1) is 8.69. The van der Waals surface area contributed by atoms with Crippen LogP contribution < -0.4 is 5.32 Å². The molecule has 2 rings (SSSR count). The van der Waals surface area contributed by atoms with Crippen molar-refractivity contribution in [1.82, 2.24) is 10.3 Å². The van der Waals surface area contributed by atoms with Gasteiger partial charge >= 0.3 is 0 Å². The third kappa shape index (κ3) is 3.34. The van der Waals surface area contributed by atoms with Gasteiger partial charge in [-0.2, -0.15) is 0 Å². The quantitative estimate of drug-likeness (QED) is 0.907. The Labute approximate surface area is 113 Å². The van der Waals surface area contributed by atoms with E-state index < -0.39 is 0 Å². The Kier molecular flexibility index (Phi) is 4.39. The van der Waals surface area contributed by atoms with Gasteiger partial charge in [0.05, 0.1) is 0 Å². The van der Waals surface area contributed by atoms with Crippen LogP contribution in [0.3, 0.4) is 0 Å². The minimum Gasteiger partial charge on any atom is -0.316 e. The van der Waals surface area contributed by atoms with Crippen molar-refractivity contribution in [1.29, 1.82) is 0 Å².